The molecular formula is C28H53N5O5Si2. The van der Waals surface area contributed by atoms with Gasteiger partial charge in [0.25, 0.3) is 5.56 Å². The van der Waals surface area contributed by atoms with Crippen LogP contribution in [0.3, 0.4) is 0 Å². The van der Waals surface area contributed by atoms with Crippen LogP contribution in [0.15, 0.2) is 11.1 Å². The number of fused-ring (bicyclic) bond motifs is 1. The molecule has 1 saturated heterocycles. The molecule has 2 aromatic rings. The summed E-state index contributed by atoms with van der Waals surface area (Å²) < 4.78 is 23.2. The van der Waals surface area contributed by atoms with Gasteiger partial charge in [0, 0.05) is 0 Å². The van der Waals surface area contributed by atoms with Crippen molar-refractivity contribution in [3.8, 4) is 0 Å². The first kappa shape index (κ1) is 32.9. The molecule has 3 heterocycles. The Morgan fingerprint density at radius 1 is 0.900 bits per heavy atom. The molecule has 4 N–H and O–H groups in total. The van der Waals surface area contributed by atoms with Crippen molar-refractivity contribution in [2.75, 3.05) is 12.3 Å². The maximum Gasteiger partial charge on any atom is 0.280 e. The fraction of sp³-hybridized carbons (Fsp3) is 0.821. The predicted octanol–water partition coefficient (Wildman–Crippen LogP) is 5.71. The van der Waals surface area contributed by atoms with E-state index >= 15 is 0 Å². The number of aliphatic hydroxyl groups excluding tert-OH is 1. The van der Waals surface area contributed by atoms with Crippen molar-refractivity contribution in [3.63, 3.8) is 0 Å². The van der Waals surface area contributed by atoms with Crippen LogP contribution in [0.5, 0.6) is 0 Å². The van der Waals surface area contributed by atoms with E-state index in [9.17, 15) is 9.90 Å². The quantitative estimate of drug-likeness (QED) is 0.265. The lowest BCUT2D eigenvalue weighted by Gasteiger charge is -2.48. The summed E-state index contributed by atoms with van der Waals surface area (Å²) in [6.07, 6.45) is -0.811. The van der Waals surface area contributed by atoms with Gasteiger partial charge in [-0.1, -0.05) is 83.1 Å². The van der Waals surface area contributed by atoms with Crippen LogP contribution in [0.25, 0.3) is 11.2 Å². The molecule has 40 heavy (non-hydrogen) atoms. The number of anilines is 1. The van der Waals surface area contributed by atoms with E-state index in [0.717, 1.165) is 0 Å². The number of nitrogens with two attached hydrogens (primary N) is 1. The lowest BCUT2D eigenvalue weighted by molar-refractivity contribution is -0.0495. The third kappa shape index (κ3) is 5.47. The molecule has 12 heteroatoms. The molecule has 0 bridgehead atoms. The molecule has 1 fully saturated rings. The summed E-state index contributed by atoms with van der Waals surface area (Å²) in [5.41, 5.74) is 7.99. The maximum atomic E-state index is 12.6. The second kappa shape index (κ2) is 12.3. The van der Waals surface area contributed by atoms with E-state index in [-0.39, 0.29) is 18.1 Å². The van der Waals surface area contributed by atoms with Crippen LogP contribution in [0.4, 0.5) is 5.95 Å². The van der Waals surface area contributed by atoms with Gasteiger partial charge in [-0.3, -0.25) is 14.3 Å². The molecule has 0 spiro atoms. The molecule has 0 amide bonds. The molecule has 3 rings (SSSR count). The second-order valence-corrected chi connectivity index (χ2v) is 24.1. The molecule has 0 unspecified atom stereocenters. The molecule has 0 aromatic carbocycles. The number of nitrogens with zero attached hydrogens (tertiary/aromatic N) is 3. The van der Waals surface area contributed by atoms with E-state index < -0.39 is 46.7 Å². The third-order valence-electron chi connectivity index (χ3n) is 9.28. The van der Waals surface area contributed by atoms with Gasteiger partial charge in [0.2, 0.25) is 22.6 Å². The molecule has 1 aliphatic rings. The number of imidazole rings is 1. The van der Waals surface area contributed by atoms with Gasteiger partial charge >= 0.3 is 0 Å². The normalized spacial score (nSPS) is 22.9. The van der Waals surface area contributed by atoms with E-state index in [1.165, 1.54) is 0 Å². The summed E-state index contributed by atoms with van der Waals surface area (Å²) in [5.74, 6) is 0.00216. The Morgan fingerprint density at radius 3 is 1.77 bits per heavy atom. The number of aliphatic hydroxyl groups is 1. The van der Waals surface area contributed by atoms with Crippen LogP contribution in [-0.4, -0.2) is 66.2 Å². The minimum atomic E-state index is -2.45. The van der Waals surface area contributed by atoms with E-state index in [1.807, 2.05) is 0 Å². The predicted molar refractivity (Wildman–Crippen MR) is 165 cm³/mol. The van der Waals surface area contributed by atoms with Crippen LogP contribution in [0.1, 0.15) is 89.3 Å². The molecule has 10 nitrogen and oxygen atoms in total. The SMILES string of the molecule is CC(C)[Si](O[C@@H]1[C@H](O[Si](C(C)C)(C(C)C)C(C)C)[C@@H](CO)O[C@H]1n1cnc2c(=O)[nH]c(N)nc21)(C(C)C)C(C)C. The lowest BCUT2D eigenvalue weighted by Crippen LogP contribution is -2.58. The monoisotopic (exact) mass is 595 g/mol. The Bertz CT molecular complexity index is 1150. The molecule has 228 valence electrons. The van der Waals surface area contributed by atoms with Crippen LogP contribution in [0, 0.1) is 0 Å². The number of hydrogen-bond donors (Lipinski definition) is 3. The summed E-state index contributed by atoms with van der Waals surface area (Å²) in [7, 11) is -4.86. The van der Waals surface area contributed by atoms with Gasteiger partial charge in [-0.05, 0) is 33.2 Å². The number of nitrogens with one attached hydrogen (secondary N) is 1. The Labute approximate surface area is 241 Å². The van der Waals surface area contributed by atoms with Gasteiger partial charge in [-0.2, -0.15) is 4.98 Å². The van der Waals surface area contributed by atoms with E-state index in [4.69, 9.17) is 19.3 Å². The number of aromatic nitrogens is 4. The van der Waals surface area contributed by atoms with Gasteiger partial charge in [0.1, 0.15) is 18.3 Å². The van der Waals surface area contributed by atoms with E-state index in [2.05, 4.69) is 98.0 Å². The topological polar surface area (TPSA) is 138 Å². The van der Waals surface area contributed by atoms with Crippen LogP contribution < -0.4 is 11.3 Å². The van der Waals surface area contributed by atoms with Crippen molar-refractivity contribution >= 4 is 33.7 Å². The Morgan fingerprint density at radius 2 is 1.35 bits per heavy atom. The smallest absolute Gasteiger partial charge is 0.280 e. The number of H-pyrrole nitrogens is 1. The number of ether oxygens (including phenoxy) is 1. The first-order valence-electron chi connectivity index (χ1n) is 14.9. The molecule has 0 aliphatic carbocycles. The highest BCUT2D eigenvalue weighted by Crippen LogP contribution is 2.50. The standard InChI is InChI=1S/C28H53N5O5Si2/c1-15(2)39(16(3)4,17(5)6)37-23-21(13-34)36-27(24(23)38-40(18(7)8,19(9)10)20(11)12)33-14-30-22-25(33)31-28(29)32-26(22)35/h14-21,23-24,27,34H,13H2,1-12H3,(H3,29,31,32,35)/t21-,23-,24-,27-/m1/s1. The average molecular weight is 596 g/mol. The zero-order chi connectivity index (χ0) is 30.3. The van der Waals surface area contributed by atoms with Crippen molar-refractivity contribution in [1.29, 1.82) is 0 Å². The van der Waals surface area contributed by atoms with Crippen molar-refractivity contribution in [2.24, 2.45) is 0 Å². The minimum absolute atomic E-state index is 0.00216. The molecule has 2 aromatic heterocycles. The minimum Gasteiger partial charge on any atom is -0.408 e. The zero-order valence-corrected chi connectivity index (χ0v) is 28.6. The largest absolute Gasteiger partial charge is 0.408 e. The number of rotatable bonds is 12. The zero-order valence-electron chi connectivity index (χ0n) is 26.6. The Kier molecular flexibility index (Phi) is 10.2. The van der Waals surface area contributed by atoms with Crippen molar-refractivity contribution < 1.29 is 18.7 Å². The maximum absolute atomic E-state index is 12.6. The molecule has 0 saturated carbocycles. The molecular weight excluding hydrogens is 543 g/mol. The Hall–Kier alpha value is -1.58. The van der Waals surface area contributed by atoms with Crippen LogP contribution in [-0.2, 0) is 13.6 Å². The summed E-state index contributed by atoms with van der Waals surface area (Å²) in [6, 6.07) is 0. The van der Waals surface area contributed by atoms with Gasteiger partial charge in [-0.25, -0.2) is 4.98 Å². The fourth-order valence-corrected chi connectivity index (χ4v) is 18.9. The first-order valence-corrected chi connectivity index (χ1v) is 19.2. The summed E-state index contributed by atoms with van der Waals surface area (Å²) >= 11 is 0. The highest BCUT2D eigenvalue weighted by Gasteiger charge is 2.58. The highest BCUT2D eigenvalue weighted by atomic mass is 28.4. The average Bonchev–Trinajstić information content (AvgIpc) is 3.39. The van der Waals surface area contributed by atoms with Gasteiger partial charge in [0.05, 0.1) is 12.9 Å². The van der Waals surface area contributed by atoms with Crippen molar-refractivity contribution in [2.45, 2.75) is 141 Å². The van der Waals surface area contributed by atoms with Gasteiger partial charge in [-0.15, -0.1) is 0 Å². The summed E-state index contributed by atoms with van der Waals surface area (Å²) in [6.45, 7) is 26.8. The second-order valence-electron chi connectivity index (χ2n) is 13.3. The van der Waals surface area contributed by atoms with Crippen LogP contribution in [0.2, 0.25) is 33.2 Å². The van der Waals surface area contributed by atoms with Gasteiger partial charge in [0.15, 0.2) is 17.4 Å². The van der Waals surface area contributed by atoms with Crippen molar-refractivity contribution in [1.82, 2.24) is 19.5 Å². The number of hydrogen-bond acceptors (Lipinski definition) is 8. The summed E-state index contributed by atoms with van der Waals surface area (Å²) in [5, 5.41) is 10.7. The Balaban J connectivity index is 2.28. The molecule has 4 atom stereocenters. The third-order valence-corrected chi connectivity index (χ3v) is 21.5. The van der Waals surface area contributed by atoms with Gasteiger partial charge < -0.3 is 24.4 Å². The number of aromatic amines is 1. The lowest BCUT2D eigenvalue weighted by atomic mass is 10.1. The van der Waals surface area contributed by atoms with E-state index in [0.29, 0.717) is 38.9 Å². The first-order chi connectivity index (χ1) is 18.6. The molecule has 1 aliphatic heterocycles. The van der Waals surface area contributed by atoms with Crippen molar-refractivity contribution in [3.05, 3.63) is 16.7 Å². The molecule has 0 radical (unpaired) electrons. The van der Waals surface area contributed by atoms with E-state index in [1.54, 1.807) is 10.9 Å². The number of nitrogen functional groups attached to an aromatic ring is 1. The van der Waals surface area contributed by atoms with Crippen LogP contribution >= 0.6 is 0 Å². The summed E-state index contributed by atoms with van der Waals surface area (Å²) in [4.78, 5) is 23.9. The highest BCUT2D eigenvalue weighted by molar-refractivity contribution is 6.78. The fourth-order valence-electron chi connectivity index (χ4n) is 7.76.